The fourth-order valence-electron chi connectivity index (χ4n) is 1.30. The molecule has 0 heterocycles. The Bertz CT molecular complexity index is 231. The van der Waals surface area contributed by atoms with Gasteiger partial charge in [0.05, 0.1) is 5.41 Å². The van der Waals surface area contributed by atoms with Crippen molar-refractivity contribution in [3.05, 3.63) is 0 Å². The molecule has 0 aliphatic rings. The van der Waals surface area contributed by atoms with E-state index in [9.17, 15) is 4.79 Å². The Morgan fingerprint density at radius 2 is 1.93 bits per heavy atom. The number of hydrogen-bond acceptors (Lipinski definition) is 6. The average molecular weight is 216 g/mol. The number of esters is 1. The van der Waals surface area contributed by atoms with Crippen molar-refractivity contribution >= 4 is 5.97 Å². The van der Waals surface area contributed by atoms with Gasteiger partial charge in [0.2, 0.25) is 0 Å². The molecule has 0 aliphatic carbocycles. The lowest BCUT2D eigenvalue weighted by atomic mass is 9.81. The Kier molecular flexibility index (Phi) is 6.62. The van der Waals surface area contributed by atoms with Gasteiger partial charge in [-0.2, -0.15) is 5.26 Å². The first-order valence-electron chi connectivity index (χ1n) is 4.63. The van der Waals surface area contributed by atoms with E-state index in [0.29, 0.717) is 0 Å². The van der Waals surface area contributed by atoms with Crippen LogP contribution in [-0.2, 0) is 9.53 Å². The lowest BCUT2D eigenvalue weighted by Gasteiger charge is -2.28. The largest absolute Gasteiger partial charge is 0.450 e. The van der Waals surface area contributed by atoms with Crippen molar-refractivity contribution in [1.29, 1.82) is 5.26 Å². The van der Waals surface area contributed by atoms with Crippen LogP contribution < -0.4 is 5.73 Å². The fourth-order valence-corrected chi connectivity index (χ4v) is 1.30. The van der Waals surface area contributed by atoms with Crippen LogP contribution in [0.4, 0.5) is 0 Å². The van der Waals surface area contributed by atoms with E-state index in [2.05, 4.69) is 4.74 Å². The minimum Gasteiger partial charge on any atom is -0.450 e. The first-order valence-corrected chi connectivity index (χ1v) is 4.63. The molecule has 0 aromatic rings. The summed E-state index contributed by atoms with van der Waals surface area (Å²) in [5.41, 5.74) is 4.36. The highest BCUT2D eigenvalue weighted by atomic mass is 16.5. The summed E-state index contributed by atoms with van der Waals surface area (Å²) in [5.74, 6) is -0.644. The number of nitrogens with two attached hydrogens (primary N) is 1. The number of carbonyl (C=O) groups is 1. The summed E-state index contributed by atoms with van der Waals surface area (Å²) in [7, 11) is 0. The Hall–Kier alpha value is -1.16. The van der Waals surface area contributed by atoms with Crippen molar-refractivity contribution in [2.45, 2.75) is 12.8 Å². The average Bonchev–Trinajstić information content (AvgIpc) is 2.25. The summed E-state index contributed by atoms with van der Waals surface area (Å²) in [6.45, 7) is -0.826. The van der Waals surface area contributed by atoms with Gasteiger partial charge in [-0.05, 0) is 12.8 Å². The van der Waals surface area contributed by atoms with E-state index >= 15 is 0 Å². The second-order valence-electron chi connectivity index (χ2n) is 3.17. The molecule has 15 heavy (non-hydrogen) atoms. The van der Waals surface area contributed by atoms with E-state index in [4.69, 9.17) is 21.2 Å². The predicted molar refractivity (Wildman–Crippen MR) is 51.5 cm³/mol. The number of hydrogen-bond donors (Lipinski definition) is 3. The maximum atomic E-state index is 11.6. The minimum atomic E-state index is -1.08. The van der Waals surface area contributed by atoms with Crippen molar-refractivity contribution in [3.8, 4) is 6.07 Å². The van der Waals surface area contributed by atoms with Crippen molar-refractivity contribution < 1.29 is 19.7 Å². The zero-order valence-electron chi connectivity index (χ0n) is 8.48. The highest BCUT2D eigenvalue weighted by molar-refractivity contribution is 5.77. The molecule has 0 saturated carbocycles. The Labute approximate surface area is 88.3 Å². The first kappa shape index (κ1) is 13.8. The van der Waals surface area contributed by atoms with Gasteiger partial charge in [0.1, 0.15) is 6.07 Å². The van der Waals surface area contributed by atoms with Crippen molar-refractivity contribution in [1.82, 2.24) is 0 Å². The summed E-state index contributed by atoms with van der Waals surface area (Å²) in [6, 6.07) is 1.67. The summed E-state index contributed by atoms with van der Waals surface area (Å²) in [6.07, 6.45) is 0.239. The lowest BCUT2D eigenvalue weighted by Crippen LogP contribution is -2.41. The summed E-state index contributed by atoms with van der Waals surface area (Å²) in [4.78, 5) is 11.6. The molecule has 0 aliphatic heterocycles. The van der Waals surface area contributed by atoms with Crippen molar-refractivity contribution in [2.24, 2.45) is 11.1 Å². The standard InChI is InChI=1S/C9H16N2O4/c10-3-6-15-8(14)9(7-11,1-4-12)2-5-13/h12-13H,1-2,4-7,11H2. The van der Waals surface area contributed by atoms with Crippen LogP contribution in [0.1, 0.15) is 12.8 Å². The van der Waals surface area contributed by atoms with E-state index < -0.39 is 11.4 Å². The molecule has 4 N–H and O–H groups in total. The maximum Gasteiger partial charge on any atom is 0.314 e. The SMILES string of the molecule is N#CCOC(=O)C(CN)(CCO)CCO. The fraction of sp³-hybridized carbons (Fsp3) is 0.778. The van der Waals surface area contributed by atoms with Gasteiger partial charge in [0, 0.05) is 19.8 Å². The molecule has 0 spiro atoms. The molecule has 0 rings (SSSR count). The maximum absolute atomic E-state index is 11.6. The molecular formula is C9H16N2O4. The van der Waals surface area contributed by atoms with E-state index in [1.165, 1.54) is 0 Å². The molecule has 0 radical (unpaired) electrons. The second-order valence-corrected chi connectivity index (χ2v) is 3.17. The van der Waals surface area contributed by atoms with E-state index in [0.717, 1.165) is 0 Å². The number of aliphatic hydroxyl groups excluding tert-OH is 2. The molecule has 0 fully saturated rings. The Balaban J connectivity index is 4.57. The van der Waals surface area contributed by atoms with Gasteiger partial charge in [0.25, 0.3) is 0 Å². The smallest absolute Gasteiger partial charge is 0.314 e. The molecule has 0 unspecified atom stereocenters. The van der Waals surface area contributed by atoms with E-state index in [-0.39, 0.29) is 39.2 Å². The van der Waals surface area contributed by atoms with E-state index in [1.807, 2.05) is 0 Å². The monoisotopic (exact) mass is 216 g/mol. The van der Waals surface area contributed by atoms with Crippen LogP contribution in [0.5, 0.6) is 0 Å². The molecule has 0 amide bonds. The van der Waals surface area contributed by atoms with Crippen LogP contribution in [0.25, 0.3) is 0 Å². The molecule has 86 valence electrons. The van der Waals surface area contributed by atoms with Gasteiger partial charge in [-0.15, -0.1) is 0 Å². The molecule has 0 aromatic carbocycles. The number of nitrogens with zero attached hydrogens (tertiary/aromatic N) is 1. The third-order valence-electron chi connectivity index (χ3n) is 2.27. The third kappa shape index (κ3) is 3.83. The van der Waals surface area contributed by atoms with Gasteiger partial charge in [0.15, 0.2) is 6.61 Å². The summed E-state index contributed by atoms with van der Waals surface area (Å²) < 4.78 is 4.65. The first-order chi connectivity index (χ1) is 7.16. The highest BCUT2D eigenvalue weighted by Gasteiger charge is 2.37. The van der Waals surface area contributed by atoms with Gasteiger partial charge in [-0.1, -0.05) is 0 Å². The molecule has 0 bridgehead atoms. The Morgan fingerprint density at radius 3 is 2.27 bits per heavy atom. The van der Waals surface area contributed by atoms with Gasteiger partial charge in [-0.25, -0.2) is 0 Å². The normalized spacial score (nSPS) is 10.8. The van der Waals surface area contributed by atoms with Crippen LogP contribution in [0.3, 0.4) is 0 Å². The highest BCUT2D eigenvalue weighted by Crippen LogP contribution is 2.26. The van der Waals surface area contributed by atoms with Crippen molar-refractivity contribution in [3.63, 3.8) is 0 Å². The molecule has 0 saturated heterocycles. The molecule has 6 heteroatoms. The van der Waals surface area contributed by atoms with Gasteiger partial charge < -0.3 is 20.7 Å². The Morgan fingerprint density at radius 1 is 1.40 bits per heavy atom. The number of ether oxygens (including phenoxy) is 1. The predicted octanol–water partition coefficient (Wildman–Crippen LogP) is -1.24. The van der Waals surface area contributed by atoms with Crippen LogP contribution in [0.2, 0.25) is 0 Å². The molecular weight excluding hydrogens is 200 g/mol. The quantitative estimate of drug-likeness (QED) is 0.458. The molecule has 6 nitrogen and oxygen atoms in total. The number of aliphatic hydroxyl groups is 2. The van der Waals surface area contributed by atoms with Gasteiger partial charge in [-0.3, -0.25) is 4.79 Å². The zero-order chi connectivity index (χ0) is 11.7. The second kappa shape index (κ2) is 7.17. The number of nitriles is 1. The summed E-state index contributed by atoms with van der Waals surface area (Å²) in [5, 5.41) is 25.9. The van der Waals surface area contributed by atoms with Crippen molar-refractivity contribution in [2.75, 3.05) is 26.4 Å². The van der Waals surface area contributed by atoms with Crippen LogP contribution in [-0.4, -0.2) is 42.5 Å². The molecule has 0 atom stereocenters. The summed E-state index contributed by atoms with van der Waals surface area (Å²) >= 11 is 0. The molecule has 0 aromatic heterocycles. The van der Waals surface area contributed by atoms with Crippen LogP contribution in [0.15, 0.2) is 0 Å². The van der Waals surface area contributed by atoms with Crippen LogP contribution >= 0.6 is 0 Å². The number of carbonyl (C=O) groups excluding carboxylic acids is 1. The lowest BCUT2D eigenvalue weighted by molar-refractivity contribution is -0.156. The minimum absolute atomic E-state index is 0.0294. The van der Waals surface area contributed by atoms with Gasteiger partial charge >= 0.3 is 5.97 Å². The van der Waals surface area contributed by atoms with Crippen LogP contribution in [0, 0.1) is 16.7 Å². The van der Waals surface area contributed by atoms with E-state index in [1.54, 1.807) is 6.07 Å². The third-order valence-corrected chi connectivity index (χ3v) is 2.27. The topological polar surface area (TPSA) is 117 Å². The number of rotatable bonds is 7. The zero-order valence-corrected chi connectivity index (χ0v) is 8.48.